The van der Waals surface area contributed by atoms with Crippen LogP contribution >= 0.6 is 11.3 Å². The molecular weight excluding hydrogens is 468 g/mol. The lowest BCUT2D eigenvalue weighted by molar-refractivity contribution is -0.146. The lowest BCUT2D eigenvalue weighted by Crippen LogP contribution is -2.31. The van der Waals surface area contributed by atoms with E-state index < -0.39 is 41.0 Å². The van der Waals surface area contributed by atoms with Crippen LogP contribution in [0.3, 0.4) is 0 Å². The molecule has 0 aliphatic carbocycles. The molecule has 178 valence electrons. The maximum Gasteiger partial charge on any atom is 0.341 e. The summed E-state index contributed by atoms with van der Waals surface area (Å²) in [5.41, 5.74) is 0.904. The number of carbonyl (C=O) groups is 3. The number of ether oxygens (including phenoxy) is 2. The largest absolute Gasteiger partial charge is 0.462 e. The van der Waals surface area contributed by atoms with Gasteiger partial charge in [0.05, 0.1) is 12.2 Å². The highest BCUT2D eigenvalue weighted by Gasteiger charge is 2.21. The Bertz CT molecular complexity index is 1110. The number of esters is 2. The van der Waals surface area contributed by atoms with E-state index in [1.807, 2.05) is 13.8 Å². The summed E-state index contributed by atoms with van der Waals surface area (Å²) < 4.78 is 35.9. The fourth-order valence-corrected chi connectivity index (χ4v) is 4.26. The van der Waals surface area contributed by atoms with Crippen LogP contribution in [0, 0.1) is 0 Å². The Balaban J connectivity index is 1.87. The van der Waals surface area contributed by atoms with Gasteiger partial charge in [-0.15, -0.1) is 11.3 Å². The number of nitrogens with one attached hydrogen (secondary N) is 2. The molecule has 0 atom stereocenters. The molecule has 11 heteroatoms. The van der Waals surface area contributed by atoms with Crippen molar-refractivity contribution >= 4 is 50.3 Å². The molecule has 9 nitrogen and oxygen atoms in total. The number of carbonyl (C=O) groups excluding carboxylic acids is 3. The summed E-state index contributed by atoms with van der Waals surface area (Å²) in [6.07, 6.45) is 1.38. The molecule has 0 saturated heterocycles. The van der Waals surface area contributed by atoms with Crippen LogP contribution in [0.1, 0.15) is 47.5 Å². The van der Waals surface area contributed by atoms with E-state index in [1.54, 1.807) is 43.3 Å². The van der Waals surface area contributed by atoms with Crippen molar-refractivity contribution in [1.82, 2.24) is 4.72 Å². The highest BCUT2D eigenvalue weighted by atomic mass is 32.2. The van der Waals surface area contributed by atoms with E-state index >= 15 is 0 Å². The summed E-state index contributed by atoms with van der Waals surface area (Å²) in [6.45, 7) is 4.48. The molecule has 0 aliphatic heterocycles. The summed E-state index contributed by atoms with van der Waals surface area (Å²) in [5.74, 6) is -2.03. The van der Waals surface area contributed by atoms with Gasteiger partial charge in [-0.25, -0.2) is 17.9 Å². The van der Waals surface area contributed by atoms with Crippen LogP contribution in [0.2, 0.25) is 0 Å². The van der Waals surface area contributed by atoms with Crippen molar-refractivity contribution in [2.75, 3.05) is 25.1 Å². The predicted molar refractivity (Wildman–Crippen MR) is 126 cm³/mol. The molecular formula is C22H26N2O7S2. The number of amides is 1. The molecule has 0 fully saturated rings. The van der Waals surface area contributed by atoms with Gasteiger partial charge in [0.25, 0.3) is 5.91 Å². The zero-order valence-corrected chi connectivity index (χ0v) is 20.1. The van der Waals surface area contributed by atoms with Crippen LogP contribution in [0.4, 0.5) is 5.00 Å². The summed E-state index contributed by atoms with van der Waals surface area (Å²) in [5, 5.41) is 3.77. The SMILES string of the molecule is CCOC(=O)c1cc(C(C)C)sc1NC(=O)COC(=O)CNS(=O)(=O)/C=C/c1ccccc1. The second-order valence-electron chi connectivity index (χ2n) is 7.06. The Morgan fingerprint density at radius 2 is 1.82 bits per heavy atom. The standard InChI is InChI=1S/C22H26N2O7S2/c1-4-30-22(27)17-12-18(15(2)3)32-21(17)24-19(25)14-31-20(26)13-23-33(28,29)11-10-16-8-6-5-7-9-16/h5-12,15,23H,4,13-14H2,1-3H3,(H,24,25)/b11-10+. The van der Waals surface area contributed by atoms with Crippen LogP contribution in [0.25, 0.3) is 6.08 Å². The van der Waals surface area contributed by atoms with Crippen molar-refractivity contribution in [3.05, 3.63) is 57.8 Å². The maximum atomic E-state index is 12.2. The van der Waals surface area contributed by atoms with Gasteiger partial charge in [0.15, 0.2) is 6.61 Å². The van der Waals surface area contributed by atoms with Gasteiger partial charge in [0.1, 0.15) is 11.5 Å². The van der Waals surface area contributed by atoms with Gasteiger partial charge in [0.2, 0.25) is 10.0 Å². The number of sulfonamides is 1. The molecule has 0 radical (unpaired) electrons. The first-order valence-electron chi connectivity index (χ1n) is 10.1. The first-order chi connectivity index (χ1) is 15.6. The van der Waals surface area contributed by atoms with E-state index in [0.29, 0.717) is 10.6 Å². The quantitative estimate of drug-likeness (QED) is 0.459. The molecule has 2 aromatic rings. The molecule has 0 bridgehead atoms. The normalized spacial score (nSPS) is 11.5. The molecule has 1 aromatic heterocycles. The van der Waals surface area contributed by atoms with Crippen molar-refractivity contribution in [3.63, 3.8) is 0 Å². The van der Waals surface area contributed by atoms with Crippen LogP contribution in [0.5, 0.6) is 0 Å². The Hall–Kier alpha value is -3.02. The number of anilines is 1. The Labute approximate surface area is 196 Å². The molecule has 0 spiro atoms. The molecule has 1 aromatic carbocycles. The van der Waals surface area contributed by atoms with Crippen LogP contribution in [-0.2, 0) is 29.1 Å². The van der Waals surface area contributed by atoms with Crippen molar-refractivity contribution in [2.45, 2.75) is 26.7 Å². The molecule has 33 heavy (non-hydrogen) atoms. The second-order valence-corrected chi connectivity index (χ2v) is 9.79. The van der Waals surface area contributed by atoms with Gasteiger partial charge in [-0.3, -0.25) is 9.59 Å². The third kappa shape index (κ3) is 8.79. The van der Waals surface area contributed by atoms with E-state index in [1.165, 1.54) is 17.4 Å². The van der Waals surface area contributed by atoms with E-state index in [4.69, 9.17) is 9.47 Å². The number of thiophene rings is 1. The predicted octanol–water partition coefficient (Wildman–Crippen LogP) is 3.12. The van der Waals surface area contributed by atoms with Gasteiger partial charge in [-0.2, -0.15) is 0 Å². The number of benzene rings is 1. The summed E-state index contributed by atoms with van der Waals surface area (Å²) >= 11 is 1.23. The van der Waals surface area contributed by atoms with Crippen molar-refractivity contribution in [2.24, 2.45) is 0 Å². The van der Waals surface area contributed by atoms with Gasteiger partial charge in [0, 0.05) is 10.3 Å². The van der Waals surface area contributed by atoms with E-state index in [-0.39, 0.29) is 18.1 Å². The summed E-state index contributed by atoms with van der Waals surface area (Å²) in [6, 6.07) is 10.4. The molecule has 2 N–H and O–H groups in total. The smallest absolute Gasteiger partial charge is 0.341 e. The molecule has 0 saturated carbocycles. The first-order valence-corrected chi connectivity index (χ1v) is 12.5. The average molecular weight is 495 g/mol. The lowest BCUT2D eigenvalue weighted by atomic mass is 10.1. The van der Waals surface area contributed by atoms with Crippen LogP contribution in [-0.4, -0.2) is 46.0 Å². The van der Waals surface area contributed by atoms with Gasteiger partial charge < -0.3 is 14.8 Å². The van der Waals surface area contributed by atoms with Crippen LogP contribution < -0.4 is 10.0 Å². The highest BCUT2D eigenvalue weighted by molar-refractivity contribution is 7.92. The van der Waals surface area contributed by atoms with Gasteiger partial charge in [-0.1, -0.05) is 44.2 Å². The monoisotopic (exact) mass is 494 g/mol. The van der Waals surface area contributed by atoms with Gasteiger partial charge in [-0.05, 0) is 30.5 Å². The van der Waals surface area contributed by atoms with Crippen molar-refractivity contribution < 1.29 is 32.3 Å². The molecule has 2 rings (SSSR count). The zero-order chi connectivity index (χ0) is 24.4. The summed E-state index contributed by atoms with van der Waals surface area (Å²) in [4.78, 5) is 37.1. The Morgan fingerprint density at radius 3 is 2.45 bits per heavy atom. The fraction of sp³-hybridized carbons (Fsp3) is 0.318. The lowest BCUT2D eigenvalue weighted by Gasteiger charge is -2.07. The first kappa shape index (κ1) is 26.2. The zero-order valence-electron chi connectivity index (χ0n) is 18.5. The average Bonchev–Trinajstić information content (AvgIpc) is 3.20. The minimum absolute atomic E-state index is 0.135. The summed E-state index contributed by atoms with van der Waals surface area (Å²) in [7, 11) is -3.87. The van der Waals surface area contributed by atoms with E-state index in [0.717, 1.165) is 10.3 Å². The van der Waals surface area contributed by atoms with Crippen molar-refractivity contribution in [3.8, 4) is 0 Å². The van der Waals surface area contributed by atoms with Gasteiger partial charge >= 0.3 is 11.9 Å². The molecule has 0 unspecified atom stereocenters. The minimum Gasteiger partial charge on any atom is -0.462 e. The molecule has 0 aliphatic rings. The van der Waals surface area contributed by atoms with E-state index in [9.17, 15) is 22.8 Å². The third-order valence-corrected chi connectivity index (χ3v) is 6.48. The molecule has 1 amide bonds. The number of rotatable bonds is 11. The number of hydrogen-bond donors (Lipinski definition) is 2. The second kappa shape index (κ2) is 12.3. The van der Waals surface area contributed by atoms with E-state index in [2.05, 4.69) is 10.0 Å². The van der Waals surface area contributed by atoms with Crippen molar-refractivity contribution in [1.29, 1.82) is 0 Å². The third-order valence-electron chi connectivity index (χ3n) is 4.09. The van der Waals surface area contributed by atoms with Crippen LogP contribution in [0.15, 0.2) is 41.8 Å². The number of hydrogen-bond acceptors (Lipinski definition) is 8. The Kier molecular flexibility index (Phi) is 9.76. The fourth-order valence-electron chi connectivity index (χ4n) is 2.45. The minimum atomic E-state index is -3.87. The Morgan fingerprint density at radius 1 is 1.12 bits per heavy atom. The topological polar surface area (TPSA) is 128 Å². The highest BCUT2D eigenvalue weighted by Crippen LogP contribution is 2.33. The maximum absolute atomic E-state index is 12.2. The molecule has 1 heterocycles.